The predicted molar refractivity (Wildman–Crippen MR) is 77.4 cm³/mol. The number of phenolic OH excluding ortho intramolecular Hbond substituents is 1. The molecule has 4 rings (SSSR count). The lowest BCUT2D eigenvalue weighted by Crippen LogP contribution is -2.57. The van der Waals surface area contributed by atoms with E-state index in [0.717, 1.165) is 12.3 Å². The van der Waals surface area contributed by atoms with Gasteiger partial charge in [0.1, 0.15) is 5.75 Å². The molecule has 3 aliphatic rings. The van der Waals surface area contributed by atoms with Gasteiger partial charge in [-0.2, -0.15) is 0 Å². The zero-order valence-corrected chi connectivity index (χ0v) is 11.7. The lowest BCUT2D eigenvalue weighted by molar-refractivity contribution is 0.0680. The van der Waals surface area contributed by atoms with Crippen LogP contribution in [0.3, 0.4) is 0 Å². The summed E-state index contributed by atoms with van der Waals surface area (Å²) in [5.41, 5.74) is 1.29. The van der Waals surface area contributed by atoms with E-state index in [0.29, 0.717) is 17.8 Å². The Kier molecular flexibility index (Phi) is 3.76. The van der Waals surface area contributed by atoms with Crippen molar-refractivity contribution < 1.29 is 5.11 Å². The smallest absolute Gasteiger partial charge is 0.115 e. The van der Waals surface area contributed by atoms with Crippen molar-refractivity contribution in [2.45, 2.75) is 38.3 Å². The summed E-state index contributed by atoms with van der Waals surface area (Å²) in [5.74, 6) is 1.23. The maximum Gasteiger partial charge on any atom is 0.115 e. The van der Waals surface area contributed by atoms with Crippen molar-refractivity contribution >= 4 is 0 Å². The van der Waals surface area contributed by atoms with E-state index < -0.39 is 0 Å². The predicted octanol–water partition coefficient (Wildman–Crippen LogP) is 2.01. The first-order chi connectivity index (χ1) is 9.20. The molecule has 0 saturated carbocycles. The molecule has 3 saturated heterocycles. The van der Waals surface area contributed by atoms with Gasteiger partial charge in [0.05, 0.1) is 0 Å². The van der Waals surface area contributed by atoms with Gasteiger partial charge in [-0.1, -0.05) is 12.1 Å². The van der Waals surface area contributed by atoms with E-state index >= 15 is 0 Å². The van der Waals surface area contributed by atoms with Crippen molar-refractivity contribution in [2.75, 3.05) is 19.6 Å². The molecule has 3 nitrogen and oxygen atoms in total. The molecule has 0 aliphatic carbocycles. The van der Waals surface area contributed by atoms with Gasteiger partial charge in [0.15, 0.2) is 0 Å². The van der Waals surface area contributed by atoms with E-state index in [4.69, 9.17) is 0 Å². The number of rotatable bonds is 4. The lowest BCUT2D eigenvalue weighted by Gasteiger charge is -2.46. The number of phenols is 1. The standard InChI is InChI=1S/C16H24N2O/c1-12(10-13-2-4-15(19)5-3-13)17-16-11-18-8-6-14(16)7-9-18/h2-5,12,14,16-17,19H,6-11H2,1H3. The largest absolute Gasteiger partial charge is 0.508 e. The van der Waals surface area contributed by atoms with E-state index in [1.54, 1.807) is 12.1 Å². The van der Waals surface area contributed by atoms with Crippen molar-refractivity contribution in [3.05, 3.63) is 29.8 Å². The third kappa shape index (κ3) is 3.10. The van der Waals surface area contributed by atoms with Gasteiger partial charge in [0, 0.05) is 18.6 Å². The monoisotopic (exact) mass is 260 g/mol. The summed E-state index contributed by atoms with van der Waals surface area (Å²) >= 11 is 0. The highest BCUT2D eigenvalue weighted by Gasteiger charge is 2.34. The van der Waals surface area contributed by atoms with Gasteiger partial charge in [0.2, 0.25) is 0 Å². The minimum atomic E-state index is 0.349. The van der Waals surface area contributed by atoms with Crippen LogP contribution in [-0.4, -0.2) is 41.7 Å². The maximum atomic E-state index is 9.30. The molecule has 1 aromatic rings. The van der Waals surface area contributed by atoms with Crippen LogP contribution in [0.25, 0.3) is 0 Å². The molecular formula is C16H24N2O. The van der Waals surface area contributed by atoms with Gasteiger partial charge in [0.25, 0.3) is 0 Å². The van der Waals surface area contributed by atoms with Crippen LogP contribution in [0.1, 0.15) is 25.3 Å². The Hall–Kier alpha value is -1.06. The number of piperidine rings is 3. The van der Waals surface area contributed by atoms with Gasteiger partial charge >= 0.3 is 0 Å². The molecule has 0 spiro atoms. The molecule has 3 fully saturated rings. The second-order valence-electron chi connectivity index (χ2n) is 6.18. The summed E-state index contributed by atoms with van der Waals surface area (Å²) in [4.78, 5) is 2.59. The first-order valence-corrected chi connectivity index (χ1v) is 7.47. The summed E-state index contributed by atoms with van der Waals surface area (Å²) in [6.07, 6.45) is 3.76. The van der Waals surface area contributed by atoms with Crippen LogP contribution >= 0.6 is 0 Å². The molecule has 1 aromatic carbocycles. The number of nitrogens with zero attached hydrogens (tertiary/aromatic N) is 1. The first-order valence-electron chi connectivity index (χ1n) is 7.47. The summed E-state index contributed by atoms with van der Waals surface area (Å²) < 4.78 is 0. The summed E-state index contributed by atoms with van der Waals surface area (Å²) in [6.45, 7) is 6.10. The Morgan fingerprint density at radius 2 is 1.95 bits per heavy atom. The van der Waals surface area contributed by atoms with Gasteiger partial charge in [-0.05, 0) is 62.9 Å². The van der Waals surface area contributed by atoms with E-state index in [1.807, 2.05) is 12.1 Å². The minimum Gasteiger partial charge on any atom is -0.508 e. The highest BCUT2D eigenvalue weighted by Crippen LogP contribution is 2.27. The molecule has 104 valence electrons. The molecule has 0 aromatic heterocycles. The number of fused-ring (bicyclic) bond motifs is 3. The van der Waals surface area contributed by atoms with Crippen molar-refractivity contribution in [1.82, 2.24) is 10.2 Å². The Morgan fingerprint density at radius 1 is 1.26 bits per heavy atom. The lowest BCUT2D eigenvalue weighted by atomic mass is 9.83. The van der Waals surface area contributed by atoms with Crippen molar-refractivity contribution in [1.29, 1.82) is 0 Å². The van der Waals surface area contributed by atoms with E-state index in [1.165, 1.54) is 38.0 Å². The molecule has 2 atom stereocenters. The highest BCUT2D eigenvalue weighted by atomic mass is 16.3. The van der Waals surface area contributed by atoms with Gasteiger partial charge in [-0.3, -0.25) is 0 Å². The number of nitrogens with one attached hydrogen (secondary N) is 1. The average molecular weight is 260 g/mol. The Labute approximate surface area is 115 Å². The highest BCUT2D eigenvalue weighted by molar-refractivity contribution is 5.26. The van der Waals surface area contributed by atoms with E-state index in [9.17, 15) is 5.11 Å². The fourth-order valence-corrected chi connectivity index (χ4v) is 3.56. The topological polar surface area (TPSA) is 35.5 Å². The molecule has 2 N–H and O–H groups in total. The number of hydrogen-bond donors (Lipinski definition) is 2. The Bertz CT molecular complexity index is 409. The fraction of sp³-hybridized carbons (Fsp3) is 0.625. The Morgan fingerprint density at radius 3 is 2.53 bits per heavy atom. The van der Waals surface area contributed by atoms with Crippen LogP contribution in [0.4, 0.5) is 0 Å². The Balaban J connectivity index is 1.53. The zero-order valence-electron chi connectivity index (χ0n) is 11.7. The fourth-order valence-electron chi connectivity index (χ4n) is 3.56. The van der Waals surface area contributed by atoms with Gasteiger partial charge in [-0.15, -0.1) is 0 Å². The van der Waals surface area contributed by atoms with Crippen molar-refractivity contribution in [2.24, 2.45) is 5.92 Å². The van der Waals surface area contributed by atoms with Crippen molar-refractivity contribution in [3.63, 3.8) is 0 Å². The maximum absolute atomic E-state index is 9.30. The number of hydrogen-bond acceptors (Lipinski definition) is 3. The van der Waals surface area contributed by atoms with E-state index in [2.05, 4.69) is 17.1 Å². The SMILES string of the molecule is CC(Cc1ccc(O)cc1)NC1CN2CCC1CC2. The third-order valence-electron chi connectivity index (χ3n) is 4.63. The molecule has 3 heteroatoms. The third-order valence-corrected chi connectivity index (χ3v) is 4.63. The molecule has 0 radical (unpaired) electrons. The molecule has 2 unspecified atom stereocenters. The number of aromatic hydroxyl groups is 1. The molecule has 19 heavy (non-hydrogen) atoms. The molecule has 0 amide bonds. The second kappa shape index (κ2) is 5.51. The van der Waals surface area contributed by atoms with Crippen LogP contribution < -0.4 is 5.32 Å². The summed E-state index contributed by atoms with van der Waals surface area (Å²) in [7, 11) is 0. The zero-order chi connectivity index (χ0) is 13.2. The first kappa shape index (κ1) is 12.9. The van der Waals surface area contributed by atoms with Crippen molar-refractivity contribution in [3.8, 4) is 5.75 Å². The van der Waals surface area contributed by atoms with Gasteiger partial charge in [-0.25, -0.2) is 0 Å². The normalized spacial score (nSPS) is 31.3. The quantitative estimate of drug-likeness (QED) is 0.869. The number of benzene rings is 1. The van der Waals surface area contributed by atoms with Crippen LogP contribution in [0.15, 0.2) is 24.3 Å². The molecule has 2 bridgehead atoms. The molecule has 3 heterocycles. The summed E-state index contributed by atoms with van der Waals surface area (Å²) in [6, 6.07) is 8.76. The molecular weight excluding hydrogens is 236 g/mol. The van der Waals surface area contributed by atoms with Crippen LogP contribution in [0.5, 0.6) is 5.75 Å². The van der Waals surface area contributed by atoms with Gasteiger partial charge < -0.3 is 15.3 Å². The van der Waals surface area contributed by atoms with Crippen LogP contribution in [-0.2, 0) is 6.42 Å². The summed E-state index contributed by atoms with van der Waals surface area (Å²) in [5, 5.41) is 13.1. The van der Waals surface area contributed by atoms with Crippen LogP contribution in [0, 0.1) is 5.92 Å². The average Bonchev–Trinajstić information content (AvgIpc) is 2.43. The second-order valence-corrected chi connectivity index (χ2v) is 6.18. The van der Waals surface area contributed by atoms with E-state index in [-0.39, 0.29) is 0 Å². The minimum absolute atomic E-state index is 0.349. The molecule has 3 aliphatic heterocycles. The van der Waals surface area contributed by atoms with Crippen LogP contribution in [0.2, 0.25) is 0 Å².